The maximum absolute atomic E-state index is 4.93. The predicted octanol–water partition coefficient (Wildman–Crippen LogP) is 2.05. The lowest BCUT2D eigenvalue weighted by Crippen LogP contribution is -1.96. The standard InChI is InChI=1S/C13H13N3O/c14-17-10-2-3-11-5-7-12(8-6-11)13-4-1-9-15-16-13/h1-9H,10,14H2/b3-2+. The molecule has 86 valence electrons. The number of benzene rings is 1. The molecule has 17 heavy (non-hydrogen) atoms. The van der Waals surface area contributed by atoms with Gasteiger partial charge in [-0.25, -0.2) is 5.90 Å². The molecule has 2 N–H and O–H groups in total. The molecular formula is C13H13N3O. The monoisotopic (exact) mass is 227 g/mol. The Labute approximate surface area is 99.7 Å². The van der Waals surface area contributed by atoms with Crippen LogP contribution in [0, 0.1) is 0 Å². The van der Waals surface area contributed by atoms with Crippen LogP contribution in [0.4, 0.5) is 0 Å². The Morgan fingerprint density at radius 1 is 1.18 bits per heavy atom. The van der Waals surface area contributed by atoms with Crippen molar-refractivity contribution in [3.05, 3.63) is 54.2 Å². The normalized spacial score (nSPS) is 10.9. The van der Waals surface area contributed by atoms with Gasteiger partial charge in [-0.15, -0.1) is 0 Å². The van der Waals surface area contributed by atoms with Crippen LogP contribution in [0.15, 0.2) is 48.7 Å². The molecule has 2 rings (SSSR count). The summed E-state index contributed by atoms with van der Waals surface area (Å²) in [6.45, 7) is 0.409. The van der Waals surface area contributed by atoms with E-state index in [-0.39, 0.29) is 0 Å². The van der Waals surface area contributed by atoms with Gasteiger partial charge in [0.15, 0.2) is 0 Å². The molecule has 0 unspecified atom stereocenters. The minimum absolute atomic E-state index is 0.409. The second-order valence-corrected chi connectivity index (χ2v) is 3.47. The Kier molecular flexibility index (Phi) is 3.96. The van der Waals surface area contributed by atoms with Gasteiger partial charge >= 0.3 is 0 Å². The van der Waals surface area contributed by atoms with Gasteiger partial charge in [0.1, 0.15) is 0 Å². The van der Waals surface area contributed by atoms with Crippen molar-refractivity contribution in [3.63, 3.8) is 0 Å². The maximum atomic E-state index is 4.93. The molecule has 0 aliphatic heterocycles. The molecule has 4 heteroatoms. The lowest BCUT2D eigenvalue weighted by Gasteiger charge is -1.99. The maximum Gasteiger partial charge on any atom is 0.0929 e. The van der Waals surface area contributed by atoms with Crippen molar-refractivity contribution >= 4 is 6.08 Å². The van der Waals surface area contributed by atoms with E-state index >= 15 is 0 Å². The molecule has 4 nitrogen and oxygen atoms in total. The Bertz CT molecular complexity index is 480. The fourth-order valence-corrected chi connectivity index (χ4v) is 1.46. The van der Waals surface area contributed by atoms with Gasteiger partial charge in [-0.3, -0.25) is 0 Å². The van der Waals surface area contributed by atoms with Gasteiger partial charge in [0.25, 0.3) is 0 Å². The van der Waals surface area contributed by atoms with Crippen LogP contribution in [0.25, 0.3) is 17.3 Å². The van der Waals surface area contributed by atoms with E-state index < -0.39 is 0 Å². The molecule has 1 heterocycles. The number of rotatable bonds is 4. The molecule has 0 fully saturated rings. The first-order valence-corrected chi connectivity index (χ1v) is 5.26. The molecule has 0 atom stereocenters. The zero-order chi connectivity index (χ0) is 11.9. The summed E-state index contributed by atoms with van der Waals surface area (Å²) in [5.41, 5.74) is 3.01. The topological polar surface area (TPSA) is 61.0 Å². The molecule has 1 aromatic heterocycles. The van der Waals surface area contributed by atoms with Crippen LogP contribution in [-0.2, 0) is 4.84 Å². The van der Waals surface area contributed by atoms with E-state index in [4.69, 9.17) is 5.90 Å². The van der Waals surface area contributed by atoms with E-state index in [1.165, 1.54) is 0 Å². The molecule has 0 radical (unpaired) electrons. The van der Waals surface area contributed by atoms with E-state index in [0.29, 0.717) is 6.61 Å². The second kappa shape index (κ2) is 5.89. The Morgan fingerprint density at radius 3 is 2.65 bits per heavy atom. The molecule has 0 spiro atoms. The predicted molar refractivity (Wildman–Crippen MR) is 66.6 cm³/mol. The number of hydrogen-bond acceptors (Lipinski definition) is 4. The first-order valence-electron chi connectivity index (χ1n) is 5.26. The van der Waals surface area contributed by atoms with Crippen LogP contribution in [-0.4, -0.2) is 16.8 Å². The van der Waals surface area contributed by atoms with E-state index in [1.807, 2.05) is 48.6 Å². The summed E-state index contributed by atoms with van der Waals surface area (Å²) in [4.78, 5) is 4.45. The van der Waals surface area contributed by atoms with Gasteiger partial charge in [0.2, 0.25) is 0 Å². The van der Waals surface area contributed by atoms with E-state index in [2.05, 4.69) is 15.0 Å². The lowest BCUT2D eigenvalue weighted by molar-refractivity contribution is 0.168. The molecule has 0 aliphatic rings. The van der Waals surface area contributed by atoms with Crippen LogP contribution >= 0.6 is 0 Å². The van der Waals surface area contributed by atoms with Crippen molar-refractivity contribution in [1.29, 1.82) is 0 Å². The molecule has 0 aliphatic carbocycles. The van der Waals surface area contributed by atoms with Gasteiger partial charge < -0.3 is 4.84 Å². The summed E-state index contributed by atoms with van der Waals surface area (Å²) in [6.07, 6.45) is 5.47. The third-order valence-electron chi connectivity index (χ3n) is 2.28. The van der Waals surface area contributed by atoms with Gasteiger partial charge in [-0.05, 0) is 17.7 Å². The molecule has 1 aromatic carbocycles. The zero-order valence-corrected chi connectivity index (χ0v) is 9.28. The number of hydrogen-bond donors (Lipinski definition) is 1. The van der Waals surface area contributed by atoms with Crippen molar-refractivity contribution in [2.75, 3.05) is 6.61 Å². The third-order valence-corrected chi connectivity index (χ3v) is 2.28. The van der Waals surface area contributed by atoms with E-state index in [9.17, 15) is 0 Å². The quantitative estimate of drug-likeness (QED) is 0.812. The summed E-state index contributed by atoms with van der Waals surface area (Å²) in [5, 5.41) is 7.90. The highest BCUT2D eigenvalue weighted by Gasteiger charge is 1.97. The Hall–Kier alpha value is -2.04. The van der Waals surface area contributed by atoms with Crippen LogP contribution < -0.4 is 5.90 Å². The summed E-state index contributed by atoms with van der Waals surface area (Å²) < 4.78 is 0. The lowest BCUT2D eigenvalue weighted by atomic mass is 10.1. The molecule has 0 saturated heterocycles. The minimum atomic E-state index is 0.409. The second-order valence-electron chi connectivity index (χ2n) is 3.47. The van der Waals surface area contributed by atoms with Crippen LogP contribution in [0.5, 0.6) is 0 Å². The first-order chi connectivity index (χ1) is 8.40. The van der Waals surface area contributed by atoms with Gasteiger partial charge in [0.05, 0.1) is 12.3 Å². The minimum Gasteiger partial charge on any atom is -0.300 e. The van der Waals surface area contributed by atoms with Gasteiger partial charge in [-0.2, -0.15) is 10.2 Å². The largest absolute Gasteiger partial charge is 0.300 e. The van der Waals surface area contributed by atoms with Crippen LogP contribution in [0.2, 0.25) is 0 Å². The summed E-state index contributed by atoms with van der Waals surface area (Å²) >= 11 is 0. The SMILES string of the molecule is NOC/C=C/c1ccc(-c2cccnn2)cc1. The molecule has 2 aromatic rings. The van der Waals surface area contributed by atoms with E-state index in [0.717, 1.165) is 16.8 Å². The van der Waals surface area contributed by atoms with Gasteiger partial charge in [-0.1, -0.05) is 36.4 Å². The highest BCUT2D eigenvalue weighted by Crippen LogP contribution is 2.16. The summed E-state index contributed by atoms with van der Waals surface area (Å²) in [7, 11) is 0. The fourth-order valence-electron chi connectivity index (χ4n) is 1.46. The third kappa shape index (κ3) is 3.21. The van der Waals surface area contributed by atoms with Crippen LogP contribution in [0.1, 0.15) is 5.56 Å². The van der Waals surface area contributed by atoms with Crippen LogP contribution in [0.3, 0.4) is 0 Å². The molecule has 0 amide bonds. The average Bonchev–Trinajstić information content (AvgIpc) is 2.41. The molecule has 0 saturated carbocycles. The fraction of sp³-hybridized carbons (Fsp3) is 0.0769. The van der Waals surface area contributed by atoms with Crippen molar-refractivity contribution < 1.29 is 4.84 Å². The van der Waals surface area contributed by atoms with Crippen molar-refractivity contribution in [1.82, 2.24) is 10.2 Å². The molecular weight excluding hydrogens is 214 g/mol. The number of nitrogens with two attached hydrogens (primary N) is 1. The first kappa shape index (κ1) is 11.4. The number of nitrogens with zero attached hydrogens (tertiary/aromatic N) is 2. The smallest absolute Gasteiger partial charge is 0.0929 e. The van der Waals surface area contributed by atoms with Crippen molar-refractivity contribution in [2.45, 2.75) is 0 Å². The van der Waals surface area contributed by atoms with Gasteiger partial charge in [0, 0.05) is 11.8 Å². The highest BCUT2D eigenvalue weighted by molar-refractivity contribution is 5.61. The Morgan fingerprint density at radius 2 is 2.00 bits per heavy atom. The molecule has 0 bridgehead atoms. The zero-order valence-electron chi connectivity index (χ0n) is 9.28. The highest BCUT2D eigenvalue weighted by atomic mass is 16.6. The Balaban J connectivity index is 2.13. The average molecular weight is 227 g/mol. The van der Waals surface area contributed by atoms with Crippen molar-refractivity contribution in [2.24, 2.45) is 5.90 Å². The summed E-state index contributed by atoms with van der Waals surface area (Å²) in [5.74, 6) is 4.93. The van der Waals surface area contributed by atoms with Crippen molar-refractivity contribution in [3.8, 4) is 11.3 Å². The number of aromatic nitrogens is 2. The summed E-state index contributed by atoms with van der Waals surface area (Å²) in [6, 6.07) is 11.8. The van der Waals surface area contributed by atoms with E-state index in [1.54, 1.807) is 6.20 Å².